The van der Waals surface area contributed by atoms with Crippen molar-refractivity contribution < 1.29 is 17.2 Å². The minimum absolute atomic E-state index is 0.139. The van der Waals surface area contributed by atoms with Crippen LogP contribution in [0, 0.1) is 23.0 Å². The van der Waals surface area contributed by atoms with E-state index in [1.165, 1.54) is 25.2 Å². The maximum absolute atomic E-state index is 13.7. The van der Waals surface area contributed by atoms with Crippen LogP contribution in [0.5, 0.6) is 0 Å². The average molecular weight is 308 g/mol. The van der Waals surface area contributed by atoms with Crippen LogP contribution in [0.4, 0.5) is 14.5 Å². The molecule has 0 N–H and O–H groups in total. The van der Waals surface area contributed by atoms with E-state index in [1.807, 2.05) is 0 Å². The van der Waals surface area contributed by atoms with Gasteiger partial charge >= 0.3 is 0 Å². The molecule has 0 aliphatic heterocycles. The Labute approximate surface area is 120 Å². The molecule has 108 valence electrons. The molecule has 0 spiro atoms. The first kappa shape index (κ1) is 14.9. The number of rotatable bonds is 3. The van der Waals surface area contributed by atoms with Crippen molar-refractivity contribution in [1.82, 2.24) is 0 Å². The summed E-state index contributed by atoms with van der Waals surface area (Å²) in [5, 5.41) is 8.75. The summed E-state index contributed by atoms with van der Waals surface area (Å²) in [5.41, 5.74) is -0.529. The maximum atomic E-state index is 13.7. The van der Waals surface area contributed by atoms with Gasteiger partial charge in [0.2, 0.25) is 0 Å². The van der Waals surface area contributed by atoms with Crippen molar-refractivity contribution in [2.75, 3.05) is 11.4 Å². The zero-order valence-corrected chi connectivity index (χ0v) is 11.7. The number of benzene rings is 2. The van der Waals surface area contributed by atoms with Crippen molar-refractivity contribution in [3.63, 3.8) is 0 Å². The highest BCUT2D eigenvalue weighted by Crippen LogP contribution is 2.25. The van der Waals surface area contributed by atoms with E-state index in [1.54, 1.807) is 6.07 Å². The van der Waals surface area contributed by atoms with Crippen LogP contribution < -0.4 is 4.31 Å². The number of para-hydroxylation sites is 1. The van der Waals surface area contributed by atoms with E-state index >= 15 is 0 Å². The van der Waals surface area contributed by atoms with Gasteiger partial charge < -0.3 is 0 Å². The largest absolute Gasteiger partial charge is 0.266 e. The Hall–Kier alpha value is -2.46. The molecule has 2 aromatic carbocycles. The second-order valence-electron chi connectivity index (χ2n) is 4.18. The summed E-state index contributed by atoms with van der Waals surface area (Å²) < 4.78 is 52.5. The Morgan fingerprint density at radius 2 is 1.76 bits per heavy atom. The highest BCUT2D eigenvalue weighted by Gasteiger charge is 2.24. The number of sulfonamides is 1. The summed E-state index contributed by atoms with van der Waals surface area (Å²) in [5.74, 6) is -1.52. The molecule has 2 aromatic rings. The van der Waals surface area contributed by atoms with E-state index in [9.17, 15) is 17.2 Å². The van der Waals surface area contributed by atoms with E-state index in [-0.39, 0.29) is 10.6 Å². The molecule has 21 heavy (non-hydrogen) atoms. The molecule has 0 atom stereocenters. The van der Waals surface area contributed by atoms with Crippen LogP contribution in [-0.4, -0.2) is 15.5 Å². The van der Waals surface area contributed by atoms with Gasteiger partial charge in [-0.3, -0.25) is 4.31 Å². The molecule has 4 nitrogen and oxygen atoms in total. The number of halogens is 2. The molecule has 0 saturated heterocycles. The summed E-state index contributed by atoms with van der Waals surface area (Å²) in [6.07, 6.45) is 0. The minimum atomic E-state index is -4.09. The normalized spacial score (nSPS) is 11.0. The lowest BCUT2D eigenvalue weighted by Crippen LogP contribution is -2.27. The summed E-state index contributed by atoms with van der Waals surface area (Å²) >= 11 is 0. The third kappa shape index (κ3) is 2.71. The van der Waals surface area contributed by atoms with Gasteiger partial charge in [-0.05, 0) is 30.3 Å². The van der Waals surface area contributed by atoms with Crippen LogP contribution in [0.25, 0.3) is 0 Å². The maximum Gasteiger partial charge on any atom is 0.264 e. The van der Waals surface area contributed by atoms with Crippen LogP contribution in [0.1, 0.15) is 5.56 Å². The molecular formula is C14H10F2N2O2S. The Kier molecular flexibility index (Phi) is 3.91. The van der Waals surface area contributed by atoms with E-state index in [0.717, 1.165) is 28.6 Å². The predicted octanol–water partition coefficient (Wildman–Crippen LogP) is 2.66. The smallest absolute Gasteiger partial charge is 0.264 e. The molecule has 0 radical (unpaired) electrons. The Morgan fingerprint density at radius 3 is 2.38 bits per heavy atom. The van der Waals surface area contributed by atoms with Gasteiger partial charge in [0.15, 0.2) is 0 Å². The lowest BCUT2D eigenvalue weighted by atomic mass is 10.2. The molecule has 0 aromatic heterocycles. The number of hydrogen-bond acceptors (Lipinski definition) is 3. The third-order valence-corrected chi connectivity index (χ3v) is 4.68. The van der Waals surface area contributed by atoms with E-state index < -0.39 is 27.2 Å². The number of nitrogens with zero attached hydrogens (tertiary/aromatic N) is 2. The van der Waals surface area contributed by atoms with E-state index in [4.69, 9.17) is 5.26 Å². The number of nitriles is 1. The average Bonchev–Trinajstić information content (AvgIpc) is 2.47. The number of hydrogen-bond donors (Lipinski definition) is 0. The summed E-state index contributed by atoms with van der Waals surface area (Å²) in [4.78, 5) is -0.286. The Balaban J connectivity index is 2.53. The van der Waals surface area contributed by atoms with Gasteiger partial charge in [-0.2, -0.15) is 5.26 Å². The van der Waals surface area contributed by atoms with Crippen LogP contribution in [-0.2, 0) is 10.0 Å². The second-order valence-corrected chi connectivity index (χ2v) is 6.15. The first-order valence-electron chi connectivity index (χ1n) is 5.81. The molecule has 0 bridgehead atoms. The molecule has 0 unspecified atom stereocenters. The molecule has 0 saturated carbocycles. The van der Waals surface area contributed by atoms with Crippen molar-refractivity contribution in [1.29, 1.82) is 5.26 Å². The summed E-state index contributed by atoms with van der Waals surface area (Å²) in [7, 11) is -2.90. The lowest BCUT2D eigenvalue weighted by Gasteiger charge is -2.20. The molecule has 0 amide bonds. The van der Waals surface area contributed by atoms with Gasteiger partial charge in [-0.25, -0.2) is 17.2 Å². The van der Waals surface area contributed by atoms with Gasteiger partial charge in [0.1, 0.15) is 17.7 Å². The van der Waals surface area contributed by atoms with Crippen molar-refractivity contribution in [3.8, 4) is 6.07 Å². The fourth-order valence-corrected chi connectivity index (χ4v) is 2.98. The summed E-state index contributed by atoms with van der Waals surface area (Å²) in [6.45, 7) is 0. The van der Waals surface area contributed by atoms with Crippen LogP contribution in [0.15, 0.2) is 47.4 Å². The van der Waals surface area contributed by atoms with Crippen molar-refractivity contribution in [2.24, 2.45) is 0 Å². The molecular weight excluding hydrogens is 298 g/mol. The predicted molar refractivity (Wildman–Crippen MR) is 73.1 cm³/mol. The van der Waals surface area contributed by atoms with Crippen LogP contribution in [0.3, 0.4) is 0 Å². The standard InChI is InChI=1S/C14H10F2N2O2S/c1-18(14-5-3-2-4-13(14)16)21(19,20)11-6-7-12(15)10(8-11)9-17/h2-8H,1H3. The zero-order valence-electron chi connectivity index (χ0n) is 10.9. The van der Waals surface area contributed by atoms with Gasteiger partial charge in [0, 0.05) is 7.05 Å². The Bertz CT molecular complexity index is 829. The van der Waals surface area contributed by atoms with E-state index in [2.05, 4.69) is 0 Å². The topological polar surface area (TPSA) is 61.2 Å². The van der Waals surface area contributed by atoms with Gasteiger partial charge in [-0.15, -0.1) is 0 Å². The summed E-state index contributed by atoms with van der Waals surface area (Å²) in [6, 6.07) is 9.77. The molecule has 2 rings (SSSR count). The minimum Gasteiger partial charge on any atom is -0.266 e. The van der Waals surface area contributed by atoms with Gasteiger partial charge in [0.05, 0.1) is 16.1 Å². The quantitative estimate of drug-likeness (QED) is 0.876. The van der Waals surface area contributed by atoms with Crippen molar-refractivity contribution >= 4 is 15.7 Å². The van der Waals surface area contributed by atoms with Crippen molar-refractivity contribution in [3.05, 3.63) is 59.7 Å². The number of anilines is 1. The lowest BCUT2D eigenvalue weighted by molar-refractivity contribution is 0.588. The zero-order chi connectivity index (χ0) is 15.6. The fraction of sp³-hybridized carbons (Fsp3) is 0.0714. The van der Waals surface area contributed by atoms with Crippen molar-refractivity contribution in [2.45, 2.75) is 4.90 Å². The van der Waals surface area contributed by atoms with E-state index in [0.29, 0.717) is 0 Å². The molecule has 0 heterocycles. The monoisotopic (exact) mass is 308 g/mol. The Morgan fingerprint density at radius 1 is 1.10 bits per heavy atom. The highest BCUT2D eigenvalue weighted by atomic mass is 32.2. The molecule has 7 heteroatoms. The second kappa shape index (κ2) is 5.50. The SMILES string of the molecule is CN(c1ccccc1F)S(=O)(=O)c1ccc(F)c(C#N)c1. The molecule has 0 aliphatic rings. The highest BCUT2D eigenvalue weighted by molar-refractivity contribution is 7.92. The van der Waals surface area contributed by atoms with Crippen LogP contribution in [0.2, 0.25) is 0 Å². The molecule has 0 aliphatic carbocycles. The first-order valence-corrected chi connectivity index (χ1v) is 7.25. The van der Waals surface area contributed by atoms with Crippen LogP contribution >= 0.6 is 0 Å². The fourth-order valence-electron chi connectivity index (χ4n) is 1.75. The van der Waals surface area contributed by atoms with Gasteiger partial charge in [0.25, 0.3) is 10.0 Å². The van der Waals surface area contributed by atoms with Gasteiger partial charge in [-0.1, -0.05) is 12.1 Å². The third-order valence-electron chi connectivity index (χ3n) is 2.91. The molecule has 0 fully saturated rings. The first-order chi connectivity index (χ1) is 9.87.